The summed E-state index contributed by atoms with van der Waals surface area (Å²) in [5.41, 5.74) is 1.26. The molecule has 1 atom stereocenters. The van der Waals surface area contributed by atoms with Gasteiger partial charge in [-0.15, -0.1) is 0 Å². The van der Waals surface area contributed by atoms with Gasteiger partial charge in [0.05, 0.1) is 23.0 Å². The van der Waals surface area contributed by atoms with Crippen molar-refractivity contribution in [3.63, 3.8) is 0 Å². The van der Waals surface area contributed by atoms with E-state index in [4.69, 9.17) is 11.6 Å². The Morgan fingerprint density at radius 1 is 1.05 bits per heavy atom. The SMILES string of the molecule is CNC(=O)CC(NC(=O)c1ccccc1Cl)c1ccccc1. The van der Waals surface area contributed by atoms with Crippen LogP contribution in [0, 0.1) is 0 Å². The third-order valence-electron chi connectivity index (χ3n) is 3.29. The minimum Gasteiger partial charge on any atom is -0.359 e. The van der Waals surface area contributed by atoms with Gasteiger partial charge < -0.3 is 10.6 Å². The smallest absolute Gasteiger partial charge is 0.253 e. The quantitative estimate of drug-likeness (QED) is 0.891. The molecule has 0 radical (unpaired) electrons. The lowest BCUT2D eigenvalue weighted by atomic mass is 10.0. The van der Waals surface area contributed by atoms with Gasteiger partial charge in [-0.3, -0.25) is 9.59 Å². The highest BCUT2D eigenvalue weighted by Gasteiger charge is 2.19. The maximum atomic E-state index is 12.4. The Labute approximate surface area is 134 Å². The molecule has 0 spiro atoms. The molecule has 2 rings (SSSR count). The third-order valence-corrected chi connectivity index (χ3v) is 3.62. The van der Waals surface area contributed by atoms with Crippen LogP contribution in [0.5, 0.6) is 0 Å². The van der Waals surface area contributed by atoms with Crippen LogP contribution in [0.4, 0.5) is 0 Å². The minimum absolute atomic E-state index is 0.145. The van der Waals surface area contributed by atoms with E-state index < -0.39 is 6.04 Å². The summed E-state index contributed by atoms with van der Waals surface area (Å²) in [6.45, 7) is 0. The van der Waals surface area contributed by atoms with E-state index in [1.807, 2.05) is 30.3 Å². The van der Waals surface area contributed by atoms with E-state index >= 15 is 0 Å². The summed E-state index contributed by atoms with van der Waals surface area (Å²) in [5, 5.41) is 5.83. The Morgan fingerprint density at radius 3 is 2.32 bits per heavy atom. The Morgan fingerprint density at radius 2 is 1.68 bits per heavy atom. The molecule has 0 aliphatic heterocycles. The van der Waals surface area contributed by atoms with Crippen molar-refractivity contribution in [1.29, 1.82) is 0 Å². The second kappa shape index (κ2) is 7.61. The Balaban J connectivity index is 2.21. The molecular formula is C17H17ClN2O2. The minimum atomic E-state index is -0.412. The molecule has 0 aromatic heterocycles. The van der Waals surface area contributed by atoms with Crippen LogP contribution in [-0.4, -0.2) is 18.9 Å². The highest BCUT2D eigenvalue weighted by molar-refractivity contribution is 6.33. The van der Waals surface area contributed by atoms with Crippen molar-refractivity contribution < 1.29 is 9.59 Å². The lowest BCUT2D eigenvalue weighted by Crippen LogP contribution is -2.32. The molecule has 2 aromatic carbocycles. The number of benzene rings is 2. The van der Waals surface area contributed by atoms with Crippen molar-refractivity contribution in [3.05, 3.63) is 70.7 Å². The number of hydrogen-bond donors (Lipinski definition) is 2. The number of carbonyl (C=O) groups excluding carboxylic acids is 2. The van der Waals surface area contributed by atoms with Gasteiger partial charge in [-0.2, -0.15) is 0 Å². The number of amides is 2. The van der Waals surface area contributed by atoms with Gasteiger partial charge in [0.15, 0.2) is 0 Å². The largest absolute Gasteiger partial charge is 0.359 e. The van der Waals surface area contributed by atoms with Crippen molar-refractivity contribution >= 4 is 23.4 Å². The lowest BCUT2D eigenvalue weighted by Gasteiger charge is -2.19. The first-order chi connectivity index (χ1) is 10.6. The van der Waals surface area contributed by atoms with Crippen molar-refractivity contribution in [2.45, 2.75) is 12.5 Å². The number of hydrogen-bond acceptors (Lipinski definition) is 2. The third kappa shape index (κ3) is 4.09. The molecule has 114 valence electrons. The normalized spacial score (nSPS) is 11.5. The van der Waals surface area contributed by atoms with Crippen LogP contribution in [0.15, 0.2) is 54.6 Å². The number of nitrogens with one attached hydrogen (secondary N) is 2. The molecule has 0 aliphatic carbocycles. The van der Waals surface area contributed by atoms with Gasteiger partial charge in [-0.05, 0) is 17.7 Å². The summed E-state index contributed by atoms with van der Waals surface area (Å²) in [4.78, 5) is 24.1. The van der Waals surface area contributed by atoms with Crippen LogP contribution >= 0.6 is 11.6 Å². The van der Waals surface area contributed by atoms with E-state index in [9.17, 15) is 9.59 Å². The summed E-state index contributed by atoms with van der Waals surface area (Å²) in [6.07, 6.45) is 0.163. The molecule has 2 amide bonds. The zero-order valence-electron chi connectivity index (χ0n) is 12.2. The van der Waals surface area contributed by atoms with Gasteiger partial charge in [0, 0.05) is 7.05 Å². The zero-order valence-corrected chi connectivity index (χ0v) is 12.9. The maximum Gasteiger partial charge on any atom is 0.253 e. The molecule has 1 unspecified atom stereocenters. The molecule has 2 aromatic rings. The van der Waals surface area contributed by atoms with Crippen molar-refractivity contribution in [3.8, 4) is 0 Å². The monoisotopic (exact) mass is 316 g/mol. The van der Waals surface area contributed by atoms with Crippen LogP contribution in [-0.2, 0) is 4.79 Å². The fraction of sp³-hybridized carbons (Fsp3) is 0.176. The Kier molecular flexibility index (Phi) is 5.55. The van der Waals surface area contributed by atoms with Crippen molar-refractivity contribution in [1.82, 2.24) is 10.6 Å². The van der Waals surface area contributed by atoms with Gasteiger partial charge in [-0.25, -0.2) is 0 Å². The van der Waals surface area contributed by atoms with E-state index in [1.54, 1.807) is 31.3 Å². The summed E-state index contributed by atoms with van der Waals surface area (Å²) in [6, 6.07) is 15.8. The average molecular weight is 317 g/mol. The highest BCUT2D eigenvalue weighted by Crippen LogP contribution is 2.20. The molecule has 0 aliphatic rings. The molecule has 0 saturated carbocycles. The molecule has 0 saturated heterocycles. The summed E-state index contributed by atoms with van der Waals surface area (Å²) in [7, 11) is 1.57. The fourth-order valence-corrected chi connectivity index (χ4v) is 2.33. The van der Waals surface area contributed by atoms with Crippen LogP contribution in [0.3, 0.4) is 0 Å². The first-order valence-corrected chi connectivity index (χ1v) is 7.30. The van der Waals surface area contributed by atoms with Crippen molar-refractivity contribution in [2.75, 3.05) is 7.05 Å². The van der Waals surface area contributed by atoms with Gasteiger partial charge in [-0.1, -0.05) is 54.1 Å². The second-order valence-corrected chi connectivity index (χ2v) is 5.20. The van der Waals surface area contributed by atoms with E-state index in [-0.39, 0.29) is 18.2 Å². The van der Waals surface area contributed by atoms with Crippen LogP contribution in [0.25, 0.3) is 0 Å². The summed E-state index contributed by atoms with van der Waals surface area (Å²) >= 11 is 6.04. The molecule has 0 fully saturated rings. The van der Waals surface area contributed by atoms with E-state index in [0.29, 0.717) is 10.6 Å². The average Bonchev–Trinajstić information content (AvgIpc) is 2.55. The van der Waals surface area contributed by atoms with Crippen molar-refractivity contribution in [2.24, 2.45) is 0 Å². The highest BCUT2D eigenvalue weighted by atomic mass is 35.5. The van der Waals surface area contributed by atoms with Crippen LogP contribution < -0.4 is 10.6 Å². The molecule has 2 N–H and O–H groups in total. The predicted octanol–water partition coefficient (Wildman–Crippen LogP) is 2.95. The molecular weight excluding hydrogens is 300 g/mol. The Bertz CT molecular complexity index is 659. The Hall–Kier alpha value is -2.33. The summed E-state index contributed by atoms with van der Waals surface area (Å²) < 4.78 is 0. The number of rotatable bonds is 5. The zero-order chi connectivity index (χ0) is 15.9. The second-order valence-electron chi connectivity index (χ2n) is 4.79. The van der Waals surface area contributed by atoms with Gasteiger partial charge >= 0.3 is 0 Å². The topological polar surface area (TPSA) is 58.2 Å². The molecule has 4 nitrogen and oxygen atoms in total. The number of carbonyl (C=O) groups is 2. The number of halogens is 1. The van der Waals surface area contributed by atoms with E-state index in [0.717, 1.165) is 5.56 Å². The van der Waals surface area contributed by atoms with Crippen LogP contribution in [0.2, 0.25) is 5.02 Å². The predicted molar refractivity (Wildman–Crippen MR) is 86.8 cm³/mol. The fourth-order valence-electron chi connectivity index (χ4n) is 2.11. The van der Waals surface area contributed by atoms with E-state index in [2.05, 4.69) is 10.6 Å². The molecule has 0 bridgehead atoms. The van der Waals surface area contributed by atoms with Gasteiger partial charge in [0.2, 0.25) is 5.91 Å². The summed E-state index contributed by atoms with van der Waals surface area (Å²) in [5.74, 6) is -0.448. The molecule has 5 heteroatoms. The van der Waals surface area contributed by atoms with Gasteiger partial charge in [0.25, 0.3) is 5.91 Å². The first-order valence-electron chi connectivity index (χ1n) is 6.92. The van der Waals surface area contributed by atoms with Gasteiger partial charge in [0.1, 0.15) is 0 Å². The molecule has 0 heterocycles. The standard InChI is InChI=1S/C17H17ClN2O2/c1-19-16(21)11-15(12-7-3-2-4-8-12)20-17(22)13-9-5-6-10-14(13)18/h2-10,15H,11H2,1H3,(H,19,21)(H,20,22). The lowest BCUT2D eigenvalue weighted by molar-refractivity contribution is -0.121. The van der Waals surface area contributed by atoms with Crippen LogP contribution in [0.1, 0.15) is 28.4 Å². The first kappa shape index (κ1) is 16.0. The maximum absolute atomic E-state index is 12.4. The molecule has 22 heavy (non-hydrogen) atoms. The van der Waals surface area contributed by atoms with E-state index in [1.165, 1.54) is 0 Å².